The van der Waals surface area contributed by atoms with Gasteiger partial charge in [-0.05, 0) is 6.92 Å². The largest absolute Gasteiger partial charge is 0.368 e. The number of carbonyl (C=O) groups excluding carboxylic acids is 1. The molecule has 1 N–H and O–H groups in total. The summed E-state index contributed by atoms with van der Waals surface area (Å²) >= 11 is 0. The monoisotopic (exact) mass is 296 g/mol. The summed E-state index contributed by atoms with van der Waals surface area (Å²) < 4.78 is 30.3. The molecule has 0 saturated carbocycles. The second-order valence-electron chi connectivity index (χ2n) is 5.00. The summed E-state index contributed by atoms with van der Waals surface area (Å²) in [4.78, 5) is 20.2. The number of hydrogen-bond acceptors (Lipinski definition) is 5. The zero-order valence-corrected chi connectivity index (χ0v) is 12.4. The van der Waals surface area contributed by atoms with Crippen molar-refractivity contribution in [3.63, 3.8) is 0 Å². The SMILES string of the molecule is C=C(C)C(=O)OOCC[N+](C)(C)CCCS(=O)(=O)O. The summed E-state index contributed by atoms with van der Waals surface area (Å²) in [6.07, 6.45) is 0.345. The van der Waals surface area contributed by atoms with Gasteiger partial charge in [-0.15, -0.1) is 0 Å². The van der Waals surface area contributed by atoms with Crippen LogP contribution in [0.1, 0.15) is 13.3 Å². The Kier molecular flexibility index (Phi) is 7.20. The van der Waals surface area contributed by atoms with Crippen LogP contribution in [0, 0.1) is 0 Å². The van der Waals surface area contributed by atoms with Crippen molar-refractivity contribution in [2.24, 2.45) is 0 Å². The van der Waals surface area contributed by atoms with Crippen molar-refractivity contribution in [3.8, 4) is 0 Å². The Labute approximate surface area is 114 Å². The second-order valence-corrected chi connectivity index (χ2v) is 6.57. The summed E-state index contributed by atoms with van der Waals surface area (Å²) in [5.74, 6) is -0.878. The zero-order chi connectivity index (χ0) is 15.1. The number of likely N-dealkylation sites (N-methyl/N-ethyl adjacent to an activating group) is 1. The predicted molar refractivity (Wildman–Crippen MR) is 69.7 cm³/mol. The maximum atomic E-state index is 11.0. The zero-order valence-electron chi connectivity index (χ0n) is 11.6. The molecule has 112 valence electrons. The third-order valence-corrected chi connectivity index (χ3v) is 3.23. The van der Waals surface area contributed by atoms with E-state index in [4.69, 9.17) is 9.44 Å². The van der Waals surface area contributed by atoms with Crippen LogP contribution in [0.3, 0.4) is 0 Å². The fraction of sp³-hybridized carbons (Fsp3) is 0.727. The van der Waals surface area contributed by atoms with Crippen molar-refractivity contribution in [1.82, 2.24) is 0 Å². The Morgan fingerprint density at radius 2 is 1.89 bits per heavy atom. The summed E-state index contributed by atoms with van der Waals surface area (Å²) in [5.41, 5.74) is 0.252. The van der Waals surface area contributed by atoms with Gasteiger partial charge in [-0.3, -0.25) is 9.44 Å². The van der Waals surface area contributed by atoms with Gasteiger partial charge in [0.2, 0.25) is 0 Å². The Morgan fingerprint density at radius 1 is 1.32 bits per heavy atom. The van der Waals surface area contributed by atoms with E-state index < -0.39 is 16.1 Å². The minimum Gasteiger partial charge on any atom is -0.326 e. The van der Waals surface area contributed by atoms with Gasteiger partial charge < -0.3 is 4.48 Å². The summed E-state index contributed by atoms with van der Waals surface area (Å²) in [6, 6.07) is 0. The molecule has 0 rings (SSSR count). The van der Waals surface area contributed by atoms with Crippen molar-refractivity contribution in [2.75, 3.05) is 39.5 Å². The minimum atomic E-state index is -3.91. The van der Waals surface area contributed by atoms with E-state index in [2.05, 4.69) is 11.5 Å². The van der Waals surface area contributed by atoms with Gasteiger partial charge in [0.1, 0.15) is 13.2 Å². The van der Waals surface area contributed by atoms with E-state index in [9.17, 15) is 13.2 Å². The quantitative estimate of drug-likeness (QED) is 0.165. The first-order valence-electron chi connectivity index (χ1n) is 5.80. The first kappa shape index (κ1) is 18.0. The van der Waals surface area contributed by atoms with Crippen LogP contribution >= 0.6 is 0 Å². The highest BCUT2D eigenvalue weighted by molar-refractivity contribution is 7.85. The molecule has 0 bridgehead atoms. The Hall–Kier alpha value is -0.960. The maximum absolute atomic E-state index is 11.0. The molecule has 7 nitrogen and oxygen atoms in total. The second kappa shape index (κ2) is 7.59. The van der Waals surface area contributed by atoms with Crippen LogP contribution < -0.4 is 0 Å². The highest BCUT2D eigenvalue weighted by atomic mass is 32.2. The normalized spacial score (nSPS) is 12.2. The van der Waals surface area contributed by atoms with Crippen molar-refractivity contribution in [3.05, 3.63) is 12.2 Å². The molecular formula is C11H22NO6S+. The van der Waals surface area contributed by atoms with E-state index in [0.717, 1.165) is 0 Å². The highest BCUT2D eigenvalue weighted by Gasteiger charge is 2.17. The summed E-state index contributed by atoms with van der Waals surface area (Å²) in [6.45, 7) is 6.20. The van der Waals surface area contributed by atoms with Crippen molar-refractivity contribution in [2.45, 2.75) is 13.3 Å². The number of rotatable bonds is 9. The third-order valence-electron chi connectivity index (χ3n) is 2.43. The molecule has 0 fully saturated rings. The highest BCUT2D eigenvalue weighted by Crippen LogP contribution is 2.02. The van der Waals surface area contributed by atoms with E-state index in [1.807, 2.05) is 14.1 Å². The van der Waals surface area contributed by atoms with E-state index in [0.29, 0.717) is 24.0 Å². The maximum Gasteiger partial charge on any atom is 0.368 e. The molecule has 0 saturated heterocycles. The van der Waals surface area contributed by atoms with E-state index in [1.54, 1.807) is 0 Å². The molecule has 0 radical (unpaired) electrons. The fourth-order valence-electron chi connectivity index (χ4n) is 1.24. The van der Waals surface area contributed by atoms with Gasteiger partial charge in [0.25, 0.3) is 10.1 Å². The minimum absolute atomic E-state index is 0.192. The lowest BCUT2D eigenvalue weighted by molar-refractivity contribution is -0.891. The van der Waals surface area contributed by atoms with Crippen LogP contribution in [-0.2, 0) is 24.7 Å². The molecule has 0 aliphatic heterocycles. The van der Waals surface area contributed by atoms with Crippen LogP contribution in [0.25, 0.3) is 0 Å². The van der Waals surface area contributed by atoms with Crippen LogP contribution in [-0.4, -0.2) is 63.0 Å². The smallest absolute Gasteiger partial charge is 0.326 e. The van der Waals surface area contributed by atoms with Gasteiger partial charge in [0.05, 0.1) is 26.4 Å². The lowest BCUT2D eigenvalue weighted by Crippen LogP contribution is -2.43. The first-order valence-corrected chi connectivity index (χ1v) is 7.41. The topological polar surface area (TPSA) is 89.9 Å². The lowest BCUT2D eigenvalue weighted by Gasteiger charge is -2.29. The van der Waals surface area contributed by atoms with Gasteiger partial charge in [-0.25, -0.2) is 4.79 Å². The van der Waals surface area contributed by atoms with Crippen LogP contribution in [0.5, 0.6) is 0 Å². The van der Waals surface area contributed by atoms with E-state index in [1.165, 1.54) is 6.92 Å². The van der Waals surface area contributed by atoms with Crippen molar-refractivity contribution in [1.29, 1.82) is 0 Å². The molecule has 0 unspecified atom stereocenters. The molecule has 0 aromatic heterocycles. The van der Waals surface area contributed by atoms with Crippen LogP contribution in [0.15, 0.2) is 12.2 Å². The molecule has 0 aliphatic carbocycles. The lowest BCUT2D eigenvalue weighted by atomic mass is 10.4. The number of quaternary nitrogens is 1. The van der Waals surface area contributed by atoms with Crippen LogP contribution in [0.2, 0.25) is 0 Å². The predicted octanol–water partition coefficient (Wildman–Crippen LogP) is 0.392. The van der Waals surface area contributed by atoms with Crippen molar-refractivity contribution >= 4 is 16.1 Å². The van der Waals surface area contributed by atoms with Gasteiger partial charge >= 0.3 is 5.97 Å². The molecule has 0 heterocycles. The number of nitrogens with zero attached hydrogens (tertiary/aromatic N) is 1. The van der Waals surface area contributed by atoms with Crippen molar-refractivity contribution < 1.29 is 32.0 Å². The third kappa shape index (κ3) is 10.6. The molecule has 0 aromatic carbocycles. The molecule has 0 aromatic rings. The average Bonchev–Trinajstić information content (AvgIpc) is 2.21. The van der Waals surface area contributed by atoms with Gasteiger partial charge in [0, 0.05) is 12.0 Å². The molecule has 19 heavy (non-hydrogen) atoms. The summed E-state index contributed by atoms with van der Waals surface area (Å²) in [7, 11) is -0.147. The molecule has 0 amide bonds. The molecular weight excluding hydrogens is 274 g/mol. The molecule has 0 spiro atoms. The fourth-order valence-corrected chi connectivity index (χ4v) is 1.73. The Morgan fingerprint density at radius 3 is 2.37 bits per heavy atom. The Balaban J connectivity index is 3.85. The van der Waals surface area contributed by atoms with Crippen LogP contribution in [0.4, 0.5) is 0 Å². The average molecular weight is 296 g/mol. The Bertz CT molecular complexity index is 415. The van der Waals surface area contributed by atoms with E-state index >= 15 is 0 Å². The van der Waals surface area contributed by atoms with E-state index in [-0.39, 0.29) is 17.9 Å². The number of hydrogen-bond donors (Lipinski definition) is 1. The molecule has 0 atom stereocenters. The van der Waals surface area contributed by atoms with Gasteiger partial charge in [0.15, 0.2) is 0 Å². The first-order chi connectivity index (χ1) is 8.53. The standard InChI is InChI=1S/C11H21NO6S/c1-10(2)11(13)18-17-8-7-12(3,4)6-5-9-19(14,15)16/h1,5-9H2,2-4H3/p+1. The summed E-state index contributed by atoms with van der Waals surface area (Å²) in [5, 5.41) is 0. The van der Waals surface area contributed by atoms with Gasteiger partial charge in [-0.1, -0.05) is 6.58 Å². The molecule has 0 aliphatic rings. The number of carbonyl (C=O) groups is 1. The molecule has 8 heteroatoms. The van der Waals surface area contributed by atoms with Gasteiger partial charge in [-0.2, -0.15) is 13.3 Å².